The molecule has 0 spiro atoms. The summed E-state index contributed by atoms with van der Waals surface area (Å²) in [6, 6.07) is 0. The molecule has 0 amide bonds. The van der Waals surface area contributed by atoms with Crippen molar-refractivity contribution in [2.45, 2.75) is 118 Å². The smallest absolute Gasteiger partial charge is 0.143 e. The Morgan fingerprint density at radius 2 is 1.87 bits per heavy atom. The van der Waals surface area contributed by atoms with Gasteiger partial charge in [0.2, 0.25) is 0 Å². The molecule has 3 saturated carbocycles. The Kier molecular flexibility index (Phi) is 6.30. The van der Waals surface area contributed by atoms with Crippen molar-refractivity contribution in [2.24, 2.45) is 45.8 Å². The molecule has 8 atom stereocenters. The van der Waals surface area contributed by atoms with E-state index in [0.29, 0.717) is 29.5 Å². The summed E-state index contributed by atoms with van der Waals surface area (Å²) in [6.45, 7) is 14.4. The minimum absolute atomic E-state index is 0.119. The van der Waals surface area contributed by atoms with Crippen molar-refractivity contribution < 1.29 is 9.90 Å². The van der Waals surface area contributed by atoms with Crippen molar-refractivity contribution in [3.63, 3.8) is 0 Å². The first-order valence-electron chi connectivity index (χ1n) is 13.5. The van der Waals surface area contributed by atoms with E-state index in [2.05, 4.69) is 47.6 Å². The summed E-state index contributed by atoms with van der Waals surface area (Å²) in [6.07, 6.45) is 14.6. The Bertz CT molecular complexity index is 722. The van der Waals surface area contributed by atoms with E-state index in [0.717, 1.165) is 44.4 Å². The van der Waals surface area contributed by atoms with Gasteiger partial charge in [0, 0.05) is 6.42 Å². The van der Waals surface area contributed by atoms with Gasteiger partial charge in [0.25, 0.3) is 0 Å². The molecule has 31 heavy (non-hydrogen) atoms. The molecule has 0 radical (unpaired) electrons. The highest BCUT2D eigenvalue weighted by atomic mass is 16.3. The summed E-state index contributed by atoms with van der Waals surface area (Å²) < 4.78 is 0. The van der Waals surface area contributed by atoms with Gasteiger partial charge in [-0.25, -0.2) is 0 Å². The minimum Gasteiger partial charge on any atom is -0.393 e. The second-order valence-electron chi connectivity index (χ2n) is 12.8. The second-order valence-corrected chi connectivity index (χ2v) is 12.8. The van der Waals surface area contributed by atoms with Gasteiger partial charge < -0.3 is 5.11 Å². The Labute approximate surface area is 191 Å². The molecular formula is C29H48O2. The maximum absolute atomic E-state index is 14.0. The highest BCUT2D eigenvalue weighted by Gasteiger charge is 2.68. The Morgan fingerprint density at radius 1 is 1.13 bits per heavy atom. The molecule has 0 aromatic carbocycles. The molecule has 176 valence electrons. The van der Waals surface area contributed by atoms with Crippen LogP contribution in [0.2, 0.25) is 0 Å². The van der Waals surface area contributed by atoms with Crippen LogP contribution in [0.1, 0.15) is 112 Å². The van der Waals surface area contributed by atoms with Crippen LogP contribution in [-0.4, -0.2) is 17.0 Å². The first-order valence-corrected chi connectivity index (χ1v) is 13.5. The van der Waals surface area contributed by atoms with Gasteiger partial charge in [0.15, 0.2) is 0 Å². The molecule has 0 aromatic rings. The van der Waals surface area contributed by atoms with Crippen molar-refractivity contribution in [3.05, 3.63) is 11.6 Å². The van der Waals surface area contributed by atoms with Crippen LogP contribution in [0.3, 0.4) is 0 Å². The summed E-state index contributed by atoms with van der Waals surface area (Å²) in [5.41, 5.74) is 1.71. The number of carbonyl (C=O) groups excluding carboxylic acids is 1. The number of ketones is 1. The standard InChI is InChI=1S/C29H48O2/c1-7-29-24-12-11-21-17-22(30)13-15-27(21,5)23(24)14-16-28(29,6)25(18-26(29)31)20(4)10-8-9-19(2)3/h12,19-23,25,30H,7-11,13-18H2,1-6H3/t20-,21+,22-,23+,25-,27+,28-,29-/m1/s1. The van der Waals surface area contributed by atoms with Crippen molar-refractivity contribution >= 4 is 5.78 Å². The number of Topliss-reactive ketones (excluding diaryl/α,β-unsaturated/α-hetero) is 1. The van der Waals surface area contributed by atoms with Crippen LogP contribution < -0.4 is 0 Å². The number of hydrogen-bond acceptors (Lipinski definition) is 2. The van der Waals surface area contributed by atoms with Crippen LogP contribution in [-0.2, 0) is 4.79 Å². The molecule has 4 aliphatic carbocycles. The van der Waals surface area contributed by atoms with E-state index in [4.69, 9.17) is 0 Å². The van der Waals surface area contributed by atoms with Crippen LogP contribution in [0.5, 0.6) is 0 Å². The van der Waals surface area contributed by atoms with E-state index < -0.39 is 0 Å². The fourth-order valence-electron chi connectivity index (χ4n) is 9.20. The zero-order valence-electron chi connectivity index (χ0n) is 21.2. The van der Waals surface area contributed by atoms with E-state index in [1.165, 1.54) is 32.1 Å². The normalized spacial score (nSPS) is 45.7. The number of fused-ring (bicyclic) bond motifs is 5. The van der Waals surface area contributed by atoms with Gasteiger partial charge >= 0.3 is 0 Å². The fraction of sp³-hybridized carbons (Fsp3) is 0.897. The van der Waals surface area contributed by atoms with Gasteiger partial charge in [0.1, 0.15) is 5.78 Å². The molecule has 0 unspecified atom stereocenters. The quantitative estimate of drug-likeness (QED) is 0.449. The monoisotopic (exact) mass is 428 g/mol. The van der Waals surface area contributed by atoms with E-state index in [9.17, 15) is 9.90 Å². The van der Waals surface area contributed by atoms with Crippen LogP contribution in [0.4, 0.5) is 0 Å². The van der Waals surface area contributed by atoms with Gasteiger partial charge in [-0.2, -0.15) is 0 Å². The number of carbonyl (C=O) groups is 1. The van der Waals surface area contributed by atoms with E-state index >= 15 is 0 Å². The number of aliphatic hydroxyl groups is 1. The predicted molar refractivity (Wildman–Crippen MR) is 129 cm³/mol. The summed E-state index contributed by atoms with van der Waals surface area (Å²) in [4.78, 5) is 14.0. The van der Waals surface area contributed by atoms with Gasteiger partial charge in [-0.05, 0) is 85.4 Å². The third-order valence-corrected chi connectivity index (χ3v) is 11.1. The minimum atomic E-state index is -0.225. The topological polar surface area (TPSA) is 37.3 Å². The van der Waals surface area contributed by atoms with Crippen LogP contribution in [0.15, 0.2) is 11.6 Å². The summed E-state index contributed by atoms with van der Waals surface area (Å²) in [7, 11) is 0. The van der Waals surface area contributed by atoms with Crippen LogP contribution in [0, 0.1) is 45.8 Å². The van der Waals surface area contributed by atoms with Crippen molar-refractivity contribution in [2.75, 3.05) is 0 Å². The Balaban J connectivity index is 1.66. The van der Waals surface area contributed by atoms with Gasteiger partial charge in [0.05, 0.1) is 11.5 Å². The lowest BCUT2D eigenvalue weighted by atomic mass is 9.42. The zero-order chi connectivity index (χ0) is 22.6. The van der Waals surface area contributed by atoms with Crippen molar-refractivity contribution in [3.8, 4) is 0 Å². The highest BCUT2D eigenvalue weighted by molar-refractivity contribution is 5.92. The molecule has 4 rings (SSSR count). The van der Waals surface area contributed by atoms with E-state index in [1.54, 1.807) is 5.57 Å². The highest BCUT2D eigenvalue weighted by Crippen LogP contribution is 2.72. The molecule has 0 saturated heterocycles. The van der Waals surface area contributed by atoms with Gasteiger partial charge in [-0.1, -0.05) is 72.5 Å². The predicted octanol–water partition coefficient (Wildman–Crippen LogP) is 7.35. The molecular weight excluding hydrogens is 380 g/mol. The van der Waals surface area contributed by atoms with E-state index in [-0.39, 0.29) is 22.3 Å². The average Bonchev–Trinajstić information content (AvgIpc) is 2.95. The average molecular weight is 429 g/mol. The number of hydrogen-bond donors (Lipinski definition) is 1. The number of allylic oxidation sites excluding steroid dienone is 2. The third-order valence-electron chi connectivity index (χ3n) is 11.1. The molecule has 4 aliphatic rings. The lowest BCUT2D eigenvalue weighted by molar-refractivity contribution is -0.133. The van der Waals surface area contributed by atoms with Crippen molar-refractivity contribution in [1.82, 2.24) is 0 Å². The summed E-state index contributed by atoms with van der Waals surface area (Å²) >= 11 is 0. The largest absolute Gasteiger partial charge is 0.393 e. The fourth-order valence-corrected chi connectivity index (χ4v) is 9.20. The summed E-state index contributed by atoms with van der Waals surface area (Å²) in [5.74, 6) is 3.64. The lowest BCUT2D eigenvalue weighted by Gasteiger charge is -2.61. The Hall–Kier alpha value is -0.630. The maximum atomic E-state index is 14.0. The maximum Gasteiger partial charge on any atom is 0.143 e. The van der Waals surface area contributed by atoms with Gasteiger partial charge in [-0.3, -0.25) is 4.79 Å². The second kappa shape index (κ2) is 8.30. The molecule has 0 aromatic heterocycles. The molecule has 2 heteroatoms. The number of aliphatic hydroxyl groups excluding tert-OH is 1. The molecule has 3 fully saturated rings. The van der Waals surface area contributed by atoms with Crippen molar-refractivity contribution in [1.29, 1.82) is 0 Å². The molecule has 2 nitrogen and oxygen atoms in total. The summed E-state index contributed by atoms with van der Waals surface area (Å²) in [5, 5.41) is 10.3. The van der Waals surface area contributed by atoms with Gasteiger partial charge in [-0.15, -0.1) is 0 Å². The molecule has 0 heterocycles. The molecule has 0 aliphatic heterocycles. The molecule has 1 N–H and O–H groups in total. The lowest BCUT2D eigenvalue weighted by Crippen LogP contribution is -2.55. The SMILES string of the molecule is CC[C@@]12C(=O)C[C@H]([C@H](C)CCCC(C)C)[C@@]1(C)CC[C@H]1C2=CC[C@H]2C[C@H](O)CC[C@@]21C. The van der Waals surface area contributed by atoms with E-state index in [1.807, 2.05) is 0 Å². The first kappa shape index (κ1) is 23.5. The van der Waals surface area contributed by atoms with Crippen LogP contribution in [0.25, 0.3) is 0 Å². The third kappa shape index (κ3) is 3.41. The first-order chi connectivity index (χ1) is 14.6. The zero-order valence-corrected chi connectivity index (χ0v) is 21.2. The molecule has 0 bridgehead atoms. The van der Waals surface area contributed by atoms with Crippen LogP contribution >= 0.6 is 0 Å². The Morgan fingerprint density at radius 3 is 2.55 bits per heavy atom. The number of rotatable bonds is 6.